The summed E-state index contributed by atoms with van der Waals surface area (Å²) in [5.74, 6) is 0. The zero-order valence-corrected chi connectivity index (χ0v) is 10.1. The first-order valence-electron chi connectivity index (χ1n) is 3.70. The molecule has 3 nitrogen and oxygen atoms in total. The third kappa shape index (κ3) is 4.76. The minimum absolute atomic E-state index is 0. The molecule has 0 heterocycles. The largest absolute Gasteiger partial charge is 2.00 e. The molecule has 1 aromatic rings. The second kappa shape index (κ2) is 5.50. The second-order valence-corrected chi connectivity index (χ2v) is 3.95. The average Bonchev–Trinajstić information content (AvgIpc) is 2.03. The van der Waals surface area contributed by atoms with Gasteiger partial charge in [-0.1, -0.05) is 30.3 Å². The Bertz CT molecular complexity index is 418. The maximum atomic E-state index is 10.5. The van der Waals surface area contributed by atoms with Crippen molar-refractivity contribution in [1.29, 1.82) is 0 Å². The second-order valence-electron chi connectivity index (χ2n) is 2.68. The van der Waals surface area contributed by atoms with Crippen molar-refractivity contribution < 1.29 is 15.8 Å². The molecule has 1 aromatic carbocycles. The molecule has 0 aliphatic heterocycles. The van der Waals surface area contributed by atoms with E-state index in [4.69, 9.17) is 4.55 Å². The van der Waals surface area contributed by atoms with E-state index in [1.807, 2.05) is 6.07 Å². The molecule has 1 N–H and O–H groups in total. The van der Waals surface area contributed by atoms with Crippen molar-refractivity contribution in [3.8, 4) is 0 Å². The van der Waals surface area contributed by atoms with Crippen LogP contribution in [0.1, 0.15) is 15.3 Å². The van der Waals surface area contributed by atoms with Crippen LogP contribution in [-0.2, 0) is 10.1 Å². The van der Waals surface area contributed by atoms with Gasteiger partial charge in [-0.3, -0.25) is 4.55 Å². The Hall–Kier alpha value is -0.364. The van der Waals surface area contributed by atoms with E-state index in [-0.39, 0.29) is 25.9 Å². The normalized spacial score (nSPS) is 12.0. The summed E-state index contributed by atoms with van der Waals surface area (Å²) in [5, 5.41) is 0.836. The van der Waals surface area contributed by atoms with Gasteiger partial charge in [-0.05, 0) is 18.1 Å². The van der Waals surface area contributed by atoms with Crippen molar-refractivity contribution >= 4 is 38.7 Å². The number of rotatable bonds is 2. The van der Waals surface area contributed by atoms with Crippen molar-refractivity contribution in [3.05, 3.63) is 41.3 Å². The molecule has 74 valence electrons. The molecule has 0 aliphatic carbocycles. The molecule has 0 radical (unpaired) electrons. The van der Waals surface area contributed by atoms with Crippen molar-refractivity contribution in [3.63, 3.8) is 0 Å². The summed E-state index contributed by atoms with van der Waals surface area (Å²) in [6, 6.07) is 8.99. The molecule has 0 atom stereocenters. The standard InChI is InChI=1S/C9H10O3S.Mg.2H/c1-8(7-13(10,11)12)9-5-3-2-4-6-9;;;/h2-7H,1H3,(H,10,11,12);;;/q;+2;2*-1. The van der Waals surface area contributed by atoms with Crippen molar-refractivity contribution in [2.75, 3.05) is 0 Å². The monoisotopic (exact) mass is 224 g/mol. The van der Waals surface area contributed by atoms with E-state index >= 15 is 0 Å². The predicted octanol–water partition coefficient (Wildman–Crippen LogP) is 1.78. The third-order valence-corrected chi connectivity index (χ3v) is 2.21. The summed E-state index contributed by atoms with van der Waals surface area (Å²) in [6.07, 6.45) is 0. The van der Waals surface area contributed by atoms with Crippen LogP contribution < -0.4 is 0 Å². The Morgan fingerprint density at radius 2 is 1.86 bits per heavy atom. The third-order valence-electron chi connectivity index (χ3n) is 1.55. The first kappa shape index (κ1) is 13.6. The van der Waals surface area contributed by atoms with E-state index < -0.39 is 10.1 Å². The van der Waals surface area contributed by atoms with E-state index in [1.54, 1.807) is 31.2 Å². The molecule has 0 unspecified atom stereocenters. The van der Waals surface area contributed by atoms with Gasteiger partial charge in [0.25, 0.3) is 10.1 Å². The van der Waals surface area contributed by atoms with Crippen molar-refractivity contribution in [2.24, 2.45) is 0 Å². The molecule has 0 saturated carbocycles. The fourth-order valence-electron chi connectivity index (χ4n) is 0.992. The number of hydrogen-bond donors (Lipinski definition) is 1. The fourth-order valence-corrected chi connectivity index (χ4v) is 1.58. The maximum absolute atomic E-state index is 10.5. The van der Waals surface area contributed by atoms with Crippen molar-refractivity contribution in [2.45, 2.75) is 6.92 Å². The van der Waals surface area contributed by atoms with Gasteiger partial charge in [0.1, 0.15) is 0 Å². The SMILES string of the molecule is CC(=CS(=O)(=O)O)c1ccccc1.[H-].[H-].[Mg+2]. The Kier molecular flexibility index (Phi) is 5.36. The molecule has 0 amide bonds. The number of benzene rings is 1. The topological polar surface area (TPSA) is 54.4 Å². The van der Waals surface area contributed by atoms with E-state index in [2.05, 4.69) is 0 Å². The number of allylic oxidation sites excluding steroid dienone is 1. The Morgan fingerprint density at radius 3 is 2.29 bits per heavy atom. The zero-order chi connectivity index (χ0) is 9.90. The van der Waals surface area contributed by atoms with E-state index in [0.29, 0.717) is 5.57 Å². The van der Waals surface area contributed by atoms with Crippen LogP contribution in [0, 0.1) is 0 Å². The van der Waals surface area contributed by atoms with Gasteiger partial charge in [0.2, 0.25) is 0 Å². The molecule has 14 heavy (non-hydrogen) atoms. The molecule has 0 saturated heterocycles. The summed E-state index contributed by atoms with van der Waals surface area (Å²) in [6.45, 7) is 1.63. The van der Waals surface area contributed by atoms with E-state index in [9.17, 15) is 8.42 Å². The first-order chi connectivity index (χ1) is 5.99. The molecule has 0 aromatic heterocycles. The van der Waals surface area contributed by atoms with Gasteiger partial charge >= 0.3 is 23.1 Å². The summed E-state index contributed by atoms with van der Waals surface area (Å²) < 4.78 is 29.5. The van der Waals surface area contributed by atoms with Gasteiger partial charge in [-0.2, -0.15) is 8.42 Å². The molecule has 0 aliphatic rings. The Balaban J connectivity index is -0.000000563. The molecular weight excluding hydrogens is 212 g/mol. The van der Waals surface area contributed by atoms with Gasteiger partial charge in [-0.15, -0.1) is 0 Å². The average molecular weight is 225 g/mol. The van der Waals surface area contributed by atoms with Crippen LogP contribution in [0.15, 0.2) is 35.7 Å². The predicted molar refractivity (Wildman–Crippen MR) is 59.6 cm³/mol. The quantitative estimate of drug-likeness (QED) is 0.615. The zero-order valence-electron chi connectivity index (χ0n) is 9.84. The number of hydrogen-bond acceptors (Lipinski definition) is 2. The van der Waals surface area contributed by atoms with E-state index in [1.165, 1.54) is 0 Å². The maximum Gasteiger partial charge on any atom is 2.00 e. The summed E-state index contributed by atoms with van der Waals surface area (Å²) in [7, 11) is -4.03. The van der Waals surface area contributed by atoms with Crippen LogP contribution in [0.5, 0.6) is 0 Å². The van der Waals surface area contributed by atoms with E-state index in [0.717, 1.165) is 11.0 Å². The van der Waals surface area contributed by atoms with Gasteiger partial charge in [0, 0.05) is 0 Å². The minimum atomic E-state index is -4.03. The molecule has 0 bridgehead atoms. The summed E-state index contributed by atoms with van der Waals surface area (Å²) >= 11 is 0. The molecule has 0 spiro atoms. The summed E-state index contributed by atoms with van der Waals surface area (Å²) in [4.78, 5) is 0. The van der Waals surface area contributed by atoms with Gasteiger partial charge in [0.05, 0.1) is 5.41 Å². The van der Waals surface area contributed by atoms with Crippen molar-refractivity contribution in [1.82, 2.24) is 0 Å². The Morgan fingerprint density at radius 1 is 1.36 bits per heavy atom. The fraction of sp³-hybridized carbons (Fsp3) is 0.111. The van der Waals surface area contributed by atoms with Crippen LogP contribution in [0.3, 0.4) is 0 Å². The molecule has 0 fully saturated rings. The van der Waals surface area contributed by atoms with Gasteiger partial charge in [-0.25, -0.2) is 0 Å². The van der Waals surface area contributed by atoms with Crippen LogP contribution in [0.25, 0.3) is 5.57 Å². The summed E-state index contributed by atoms with van der Waals surface area (Å²) in [5.41, 5.74) is 1.29. The van der Waals surface area contributed by atoms with Crippen LogP contribution in [-0.4, -0.2) is 36.0 Å². The smallest absolute Gasteiger partial charge is 1.00 e. The Labute approximate surface area is 103 Å². The van der Waals surface area contributed by atoms with Crippen LogP contribution in [0.2, 0.25) is 0 Å². The van der Waals surface area contributed by atoms with Gasteiger partial charge < -0.3 is 2.85 Å². The molecule has 1 rings (SSSR count). The molecular formula is C9H12MgO3S. The van der Waals surface area contributed by atoms with Crippen LogP contribution >= 0.6 is 0 Å². The minimum Gasteiger partial charge on any atom is -1.00 e. The first-order valence-corrected chi connectivity index (χ1v) is 5.20. The van der Waals surface area contributed by atoms with Gasteiger partial charge in [0.15, 0.2) is 0 Å². The van der Waals surface area contributed by atoms with Crippen LogP contribution in [0.4, 0.5) is 0 Å². The molecule has 5 heteroatoms.